The molecule has 0 amide bonds. The molecule has 0 radical (unpaired) electrons. The Morgan fingerprint density at radius 1 is 1.11 bits per heavy atom. The van der Waals surface area contributed by atoms with Gasteiger partial charge in [0, 0.05) is 0 Å². The first-order valence-corrected chi connectivity index (χ1v) is 9.88. The van der Waals surface area contributed by atoms with Gasteiger partial charge in [0.05, 0.1) is 16.1 Å². The van der Waals surface area contributed by atoms with Crippen LogP contribution >= 0.6 is 11.6 Å². The summed E-state index contributed by atoms with van der Waals surface area (Å²) in [6.45, 7) is 2.07. The summed E-state index contributed by atoms with van der Waals surface area (Å²) in [7, 11) is -3.72. The van der Waals surface area contributed by atoms with E-state index in [9.17, 15) is 8.42 Å². The Morgan fingerprint density at radius 2 is 1.85 bits per heavy atom. The minimum atomic E-state index is -3.72. The summed E-state index contributed by atoms with van der Waals surface area (Å²) >= 11 is 6.02. The highest BCUT2D eigenvalue weighted by Crippen LogP contribution is 2.24. The van der Waals surface area contributed by atoms with E-state index in [2.05, 4.69) is 9.93 Å². The van der Waals surface area contributed by atoms with Crippen LogP contribution in [0.3, 0.4) is 0 Å². The highest BCUT2D eigenvalue weighted by Gasteiger charge is 2.12. The van der Waals surface area contributed by atoms with E-state index in [-0.39, 0.29) is 11.5 Å². The van der Waals surface area contributed by atoms with Crippen LogP contribution in [0, 0.1) is 6.92 Å². The molecule has 0 spiro atoms. The molecule has 0 aliphatic carbocycles. The van der Waals surface area contributed by atoms with Crippen molar-refractivity contribution in [3.63, 3.8) is 0 Å². The zero-order valence-electron chi connectivity index (χ0n) is 14.4. The fraction of sp³-hybridized carbons (Fsp3) is 0.105. The zero-order chi connectivity index (χ0) is 19.3. The maximum absolute atomic E-state index is 12.1. The fourth-order valence-electron chi connectivity index (χ4n) is 2.18. The van der Waals surface area contributed by atoms with Gasteiger partial charge in [-0.25, -0.2) is 0 Å². The Hall–Kier alpha value is -2.77. The number of aryl methyl sites for hydroxylation is 1. The Kier molecular flexibility index (Phi) is 5.83. The van der Waals surface area contributed by atoms with Gasteiger partial charge in [0.2, 0.25) is 0 Å². The second-order valence-corrected chi connectivity index (χ2v) is 7.76. The summed E-state index contributed by atoms with van der Waals surface area (Å²) in [5, 5.41) is 4.25. The van der Waals surface area contributed by atoms with Crippen molar-refractivity contribution in [1.29, 1.82) is 0 Å². The van der Waals surface area contributed by atoms with Crippen molar-refractivity contribution in [3.05, 3.63) is 82.8 Å². The van der Waals surface area contributed by atoms with Crippen LogP contribution in [0.25, 0.3) is 0 Å². The van der Waals surface area contributed by atoms with E-state index in [1.165, 1.54) is 18.3 Å². The van der Waals surface area contributed by atoms with E-state index in [1.807, 2.05) is 19.1 Å². The predicted molar refractivity (Wildman–Crippen MR) is 104 cm³/mol. The minimum Gasteiger partial charge on any atom is -0.484 e. The normalized spacial score (nSPS) is 11.6. The lowest BCUT2D eigenvalue weighted by molar-refractivity contribution is 0.270. The van der Waals surface area contributed by atoms with Crippen LogP contribution in [0.5, 0.6) is 5.75 Å². The van der Waals surface area contributed by atoms with Gasteiger partial charge in [0.15, 0.2) is 0 Å². The molecule has 140 valence electrons. The summed E-state index contributed by atoms with van der Waals surface area (Å²) in [4.78, 5) is 2.29. The quantitative estimate of drug-likeness (QED) is 0.474. The smallest absolute Gasteiger partial charge is 0.276 e. The van der Waals surface area contributed by atoms with Crippen LogP contribution in [-0.2, 0) is 16.6 Å². The third kappa shape index (κ3) is 5.12. The van der Waals surface area contributed by atoms with Crippen LogP contribution in [0.15, 0.2) is 75.1 Å². The van der Waals surface area contributed by atoms with Crippen molar-refractivity contribution in [2.75, 3.05) is 0 Å². The molecule has 6 nitrogen and oxygen atoms in total. The van der Waals surface area contributed by atoms with Crippen LogP contribution in [0.1, 0.15) is 17.1 Å². The van der Waals surface area contributed by atoms with E-state index >= 15 is 0 Å². The average Bonchev–Trinajstić information content (AvgIpc) is 3.09. The number of hydrazone groups is 1. The summed E-state index contributed by atoms with van der Waals surface area (Å²) in [5.74, 6) is 1.49. The topological polar surface area (TPSA) is 80.9 Å². The number of nitrogens with zero attached hydrogens (tertiary/aromatic N) is 1. The van der Waals surface area contributed by atoms with Crippen molar-refractivity contribution in [2.45, 2.75) is 18.4 Å². The standard InChI is InChI=1S/C19H17ClN2O4S/c1-14-6-10-17(11-7-14)27(23,24)22-21-12-15-8-9-16(26-15)13-25-19-5-3-2-4-18(19)20/h2-12,22H,13H2,1H3/b21-12-. The molecule has 0 bridgehead atoms. The molecule has 0 saturated heterocycles. The van der Waals surface area contributed by atoms with Crippen molar-refractivity contribution in [3.8, 4) is 5.75 Å². The Bertz CT molecular complexity index is 1040. The van der Waals surface area contributed by atoms with Gasteiger partial charge in [-0.15, -0.1) is 0 Å². The van der Waals surface area contributed by atoms with Gasteiger partial charge in [-0.3, -0.25) is 0 Å². The van der Waals surface area contributed by atoms with E-state index in [0.29, 0.717) is 22.3 Å². The highest BCUT2D eigenvalue weighted by atomic mass is 35.5. The Labute approximate surface area is 162 Å². The number of hydrogen-bond acceptors (Lipinski definition) is 5. The molecular formula is C19H17ClN2O4S. The molecule has 0 atom stereocenters. The molecule has 0 unspecified atom stereocenters. The van der Waals surface area contributed by atoms with Gasteiger partial charge in [0.1, 0.15) is 23.9 Å². The average molecular weight is 405 g/mol. The number of sulfonamides is 1. The first-order chi connectivity index (χ1) is 12.9. The van der Waals surface area contributed by atoms with Gasteiger partial charge in [0.25, 0.3) is 10.0 Å². The fourth-order valence-corrected chi connectivity index (χ4v) is 3.16. The first kappa shape index (κ1) is 19.0. The molecule has 0 saturated carbocycles. The second kappa shape index (κ2) is 8.28. The van der Waals surface area contributed by atoms with Gasteiger partial charge in [-0.05, 0) is 43.3 Å². The lowest BCUT2D eigenvalue weighted by Gasteiger charge is -2.05. The maximum atomic E-state index is 12.1. The number of hydrogen-bond donors (Lipinski definition) is 1. The maximum Gasteiger partial charge on any atom is 0.276 e. The largest absolute Gasteiger partial charge is 0.484 e. The van der Waals surface area contributed by atoms with E-state index in [0.717, 1.165) is 5.56 Å². The van der Waals surface area contributed by atoms with Gasteiger partial charge < -0.3 is 9.15 Å². The summed E-state index contributed by atoms with van der Waals surface area (Å²) in [6.07, 6.45) is 1.28. The summed E-state index contributed by atoms with van der Waals surface area (Å²) in [6, 6.07) is 17.0. The Balaban J connectivity index is 1.58. The molecule has 3 rings (SSSR count). The number of ether oxygens (including phenoxy) is 1. The zero-order valence-corrected chi connectivity index (χ0v) is 16.0. The molecule has 1 heterocycles. The molecular weight excluding hydrogens is 388 g/mol. The van der Waals surface area contributed by atoms with Crippen LogP contribution < -0.4 is 9.57 Å². The number of para-hydroxylation sites is 1. The SMILES string of the molecule is Cc1ccc(S(=O)(=O)N/N=C\c2ccc(COc3ccccc3Cl)o2)cc1. The second-order valence-electron chi connectivity index (χ2n) is 5.69. The lowest BCUT2D eigenvalue weighted by Crippen LogP contribution is -2.18. The van der Waals surface area contributed by atoms with E-state index < -0.39 is 10.0 Å². The molecule has 2 aromatic carbocycles. The third-order valence-electron chi connectivity index (χ3n) is 3.58. The van der Waals surface area contributed by atoms with E-state index in [4.69, 9.17) is 20.8 Å². The van der Waals surface area contributed by atoms with Crippen LogP contribution in [-0.4, -0.2) is 14.6 Å². The number of rotatable bonds is 7. The summed E-state index contributed by atoms with van der Waals surface area (Å²) in [5.41, 5.74) is 0.972. The number of halogens is 1. The van der Waals surface area contributed by atoms with Crippen LogP contribution in [0.4, 0.5) is 0 Å². The molecule has 3 aromatic rings. The Morgan fingerprint density at radius 3 is 2.59 bits per heavy atom. The van der Waals surface area contributed by atoms with Crippen molar-refractivity contribution in [2.24, 2.45) is 5.10 Å². The lowest BCUT2D eigenvalue weighted by atomic mass is 10.2. The molecule has 8 heteroatoms. The molecule has 27 heavy (non-hydrogen) atoms. The van der Waals surface area contributed by atoms with Gasteiger partial charge in [-0.2, -0.15) is 18.4 Å². The van der Waals surface area contributed by atoms with Crippen molar-refractivity contribution < 1.29 is 17.6 Å². The van der Waals surface area contributed by atoms with Crippen molar-refractivity contribution in [1.82, 2.24) is 4.83 Å². The number of furan rings is 1. The molecule has 0 aliphatic heterocycles. The third-order valence-corrected chi connectivity index (χ3v) is 5.14. The van der Waals surface area contributed by atoms with Crippen LogP contribution in [0.2, 0.25) is 5.02 Å². The van der Waals surface area contributed by atoms with E-state index in [1.54, 1.807) is 36.4 Å². The minimum absolute atomic E-state index is 0.138. The van der Waals surface area contributed by atoms with Gasteiger partial charge in [-0.1, -0.05) is 41.4 Å². The van der Waals surface area contributed by atoms with Gasteiger partial charge >= 0.3 is 0 Å². The molecule has 1 N–H and O–H groups in total. The van der Waals surface area contributed by atoms with Crippen molar-refractivity contribution >= 4 is 27.8 Å². The molecule has 0 fully saturated rings. The molecule has 0 aliphatic rings. The molecule has 1 aromatic heterocycles. The first-order valence-electron chi connectivity index (χ1n) is 8.02. The summed E-state index contributed by atoms with van der Waals surface area (Å²) < 4.78 is 35.4. The highest BCUT2D eigenvalue weighted by molar-refractivity contribution is 7.89. The number of nitrogens with one attached hydrogen (secondary N) is 1. The monoisotopic (exact) mass is 404 g/mol. The predicted octanol–water partition coefficient (Wildman–Crippen LogP) is 4.13. The number of benzene rings is 2.